The highest BCUT2D eigenvalue weighted by atomic mass is 35.5. The van der Waals surface area contributed by atoms with Crippen molar-refractivity contribution in [3.8, 4) is 11.5 Å². The third kappa shape index (κ3) is 4.81. The van der Waals surface area contributed by atoms with Crippen molar-refractivity contribution in [2.75, 3.05) is 18.6 Å². The molecular weight excluding hydrogens is 422 g/mol. The van der Waals surface area contributed by atoms with Crippen molar-refractivity contribution >= 4 is 35.0 Å². The number of imide groups is 1. The SMILES string of the molecule is CCCOc1ccc(C(=O)NN[C@@H]2CC(=O)N(c3cccc(Cl)c3C)C2=O)cc1OC. The molecular formula is C22H24ClN3O5. The van der Waals surface area contributed by atoms with Crippen LogP contribution in [0.2, 0.25) is 5.02 Å². The number of carbonyl (C=O) groups is 3. The summed E-state index contributed by atoms with van der Waals surface area (Å²) >= 11 is 6.12. The Labute approximate surface area is 185 Å². The van der Waals surface area contributed by atoms with Gasteiger partial charge < -0.3 is 9.47 Å². The fraction of sp³-hybridized carbons (Fsp3) is 0.318. The van der Waals surface area contributed by atoms with Crippen LogP contribution in [-0.2, 0) is 9.59 Å². The van der Waals surface area contributed by atoms with Crippen molar-refractivity contribution in [2.45, 2.75) is 32.7 Å². The van der Waals surface area contributed by atoms with Crippen LogP contribution >= 0.6 is 11.6 Å². The molecule has 3 rings (SSSR count). The molecule has 31 heavy (non-hydrogen) atoms. The van der Waals surface area contributed by atoms with Crippen LogP contribution in [0.4, 0.5) is 5.69 Å². The Hall–Kier alpha value is -3.10. The van der Waals surface area contributed by atoms with E-state index in [2.05, 4.69) is 10.9 Å². The second-order valence-electron chi connectivity index (χ2n) is 7.02. The summed E-state index contributed by atoms with van der Waals surface area (Å²) < 4.78 is 10.9. The summed E-state index contributed by atoms with van der Waals surface area (Å²) in [5, 5.41) is 0.461. The van der Waals surface area contributed by atoms with Gasteiger partial charge in [0.05, 0.1) is 25.8 Å². The van der Waals surface area contributed by atoms with Crippen LogP contribution in [0.5, 0.6) is 11.5 Å². The fourth-order valence-electron chi connectivity index (χ4n) is 3.20. The number of hydrogen-bond donors (Lipinski definition) is 2. The van der Waals surface area contributed by atoms with Gasteiger partial charge in [0.25, 0.3) is 11.8 Å². The minimum absolute atomic E-state index is 0.0851. The molecule has 3 amide bonds. The molecule has 1 fully saturated rings. The summed E-state index contributed by atoms with van der Waals surface area (Å²) in [7, 11) is 1.49. The van der Waals surface area contributed by atoms with Crippen molar-refractivity contribution < 1.29 is 23.9 Å². The molecule has 0 bridgehead atoms. The standard InChI is InChI=1S/C22H24ClN3O5/c1-4-10-31-18-9-8-14(11-19(18)30-3)21(28)25-24-16-12-20(27)26(22(16)29)17-7-5-6-15(23)13(17)2/h5-9,11,16,24H,4,10,12H2,1-3H3,(H,25,28)/t16-/m1/s1. The molecule has 0 radical (unpaired) electrons. The maximum atomic E-state index is 12.8. The zero-order valence-corrected chi connectivity index (χ0v) is 18.3. The molecule has 9 heteroatoms. The molecule has 164 valence electrons. The Balaban J connectivity index is 1.67. The Bertz CT molecular complexity index is 1010. The normalized spacial score (nSPS) is 15.9. The Kier molecular flexibility index (Phi) is 7.14. The van der Waals surface area contributed by atoms with E-state index in [4.69, 9.17) is 21.1 Å². The van der Waals surface area contributed by atoms with Gasteiger partial charge in [0.2, 0.25) is 5.91 Å². The van der Waals surface area contributed by atoms with E-state index >= 15 is 0 Å². The average molecular weight is 446 g/mol. The first-order valence-corrected chi connectivity index (χ1v) is 10.2. The van der Waals surface area contributed by atoms with E-state index in [1.807, 2.05) is 6.92 Å². The van der Waals surface area contributed by atoms with E-state index in [0.717, 1.165) is 11.3 Å². The number of ether oxygens (including phenoxy) is 2. The monoisotopic (exact) mass is 445 g/mol. The molecule has 2 aromatic carbocycles. The number of nitrogens with zero attached hydrogens (tertiary/aromatic N) is 1. The minimum Gasteiger partial charge on any atom is -0.493 e. The van der Waals surface area contributed by atoms with Gasteiger partial charge in [-0.25, -0.2) is 10.3 Å². The number of amides is 3. The molecule has 2 N–H and O–H groups in total. The van der Waals surface area contributed by atoms with Gasteiger partial charge in [0, 0.05) is 10.6 Å². The van der Waals surface area contributed by atoms with E-state index < -0.39 is 17.9 Å². The first-order valence-electron chi connectivity index (χ1n) is 9.86. The first-order chi connectivity index (χ1) is 14.9. The highest BCUT2D eigenvalue weighted by molar-refractivity contribution is 6.32. The van der Waals surface area contributed by atoms with Crippen molar-refractivity contribution in [1.82, 2.24) is 10.9 Å². The van der Waals surface area contributed by atoms with Gasteiger partial charge in [-0.2, -0.15) is 0 Å². The number of methoxy groups -OCH3 is 1. The van der Waals surface area contributed by atoms with Crippen molar-refractivity contribution in [2.24, 2.45) is 0 Å². The van der Waals surface area contributed by atoms with Crippen LogP contribution in [0.3, 0.4) is 0 Å². The highest BCUT2D eigenvalue weighted by Gasteiger charge is 2.40. The third-order valence-electron chi connectivity index (χ3n) is 4.87. The minimum atomic E-state index is -0.885. The van der Waals surface area contributed by atoms with Crippen molar-refractivity contribution in [1.29, 1.82) is 0 Å². The number of hydrogen-bond acceptors (Lipinski definition) is 6. The van der Waals surface area contributed by atoms with E-state index in [1.54, 1.807) is 43.3 Å². The second-order valence-corrected chi connectivity index (χ2v) is 7.43. The number of benzene rings is 2. The van der Waals surface area contributed by atoms with Crippen LogP contribution in [0.15, 0.2) is 36.4 Å². The highest BCUT2D eigenvalue weighted by Crippen LogP contribution is 2.30. The lowest BCUT2D eigenvalue weighted by Gasteiger charge is -2.18. The summed E-state index contributed by atoms with van der Waals surface area (Å²) in [5.74, 6) is -0.343. The van der Waals surface area contributed by atoms with Crippen LogP contribution < -0.4 is 25.2 Å². The van der Waals surface area contributed by atoms with Crippen LogP contribution in [0.25, 0.3) is 0 Å². The van der Waals surface area contributed by atoms with Gasteiger partial charge in [-0.3, -0.25) is 19.8 Å². The predicted molar refractivity (Wildman–Crippen MR) is 116 cm³/mol. The fourth-order valence-corrected chi connectivity index (χ4v) is 3.37. The third-order valence-corrected chi connectivity index (χ3v) is 5.28. The zero-order chi connectivity index (χ0) is 22.5. The maximum absolute atomic E-state index is 12.8. The lowest BCUT2D eigenvalue weighted by Crippen LogP contribution is -2.48. The van der Waals surface area contributed by atoms with Crippen LogP contribution in [0, 0.1) is 6.92 Å². The number of nitrogens with one attached hydrogen (secondary N) is 2. The lowest BCUT2D eigenvalue weighted by atomic mass is 10.2. The molecule has 1 atom stereocenters. The van der Waals surface area contributed by atoms with E-state index in [9.17, 15) is 14.4 Å². The van der Waals surface area contributed by atoms with Gasteiger partial charge in [-0.05, 0) is 49.2 Å². The molecule has 0 aliphatic carbocycles. The quantitative estimate of drug-likeness (QED) is 0.479. The summed E-state index contributed by atoms with van der Waals surface area (Å²) in [6.07, 6.45) is 0.757. The Morgan fingerprint density at radius 1 is 1.23 bits per heavy atom. The Morgan fingerprint density at radius 3 is 2.71 bits per heavy atom. The molecule has 0 unspecified atom stereocenters. The van der Waals surface area contributed by atoms with E-state index in [1.165, 1.54) is 7.11 Å². The average Bonchev–Trinajstić information content (AvgIpc) is 3.05. The van der Waals surface area contributed by atoms with Gasteiger partial charge in [0.15, 0.2) is 11.5 Å². The number of halogens is 1. The maximum Gasteiger partial charge on any atom is 0.265 e. The smallest absolute Gasteiger partial charge is 0.265 e. The largest absolute Gasteiger partial charge is 0.493 e. The Morgan fingerprint density at radius 2 is 2.00 bits per heavy atom. The van der Waals surface area contributed by atoms with E-state index in [-0.39, 0.29) is 12.3 Å². The molecule has 8 nitrogen and oxygen atoms in total. The van der Waals surface area contributed by atoms with Gasteiger partial charge in [-0.1, -0.05) is 24.6 Å². The molecule has 1 heterocycles. The van der Waals surface area contributed by atoms with Crippen molar-refractivity contribution in [3.63, 3.8) is 0 Å². The number of anilines is 1. The van der Waals surface area contributed by atoms with Crippen LogP contribution in [0.1, 0.15) is 35.7 Å². The molecule has 0 saturated carbocycles. The summed E-state index contributed by atoms with van der Waals surface area (Å²) in [6.45, 7) is 4.26. The molecule has 1 aliphatic heterocycles. The molecule has 2 aromatic rings. The molecule has 0 aromatic heterocycles. The predicted octanol–water partition coefficient (Wildman–Crippen LogP) is 3.01. The lowest BCUT2D eigenvalue weighted by molar-refractivity contribution is -0.121. The molecule has 1 saturated heterocycles. The van der Waals surface area contributed by atoms with E-state index in [0.29, 0.717) is 39.9 Å². The van der Waals surface area contributed by atoms with Gasteiger partial charge in [0.1, 0.15) is 6.04 Å². The summed E-state index contributed by atoms with van der Waals surface area (Å²) in [4.78, 5) is 38.9. The number of hydrazine groups is 1. The van der Waals surface area contributed by atoms with Gasteiger partial charge >= 0.3 is 0 Å². The van der Waals surface area contributed by atoms with Crippen molar-refractivity contribution in [3.05, 3.63) is 52.5 Å². The topological polar surface area (TPSA) is 97.0 Å². The molecule has 1 aliphatic rings. The zero-order valence-electron chi connectivity index (χ0n) is 17.5. The number of carbonyl (C=O) groups excluding carboxylic acids is 3. The summed E-state index contributed by atoms with van der Waals surface area (Å²) in [6, 6.07) is 8.93. The number of rotatable bonds is 8. The van der Waals surface area contributed by atoms with Crippen LogP contribution in [-0.4, -0.2) is 37.5 Å². The summed E-state index contributed by atoms with van der Waals surface area (Å²) in [5.41, 5.74) is 6.54. The first kappa shape index (κ1) is 22.6. The second kappa shape index (κ2) is 9.80. The van der Waals surface area contributed by atoms with Gasteiger partial charge in [-0.15, -0.1) is 0 Å². The molecule has 0 spiro atoms.